The number of likely N-dealkylation sites (N-methyl/N-ethyl adjacent to an activating group) is 2. The fourth-order valence-electron chi connectivity index (χ4n) is 4.23. The number of hydrogen-bond donors (Lipinski definition) is 1. The third-order valence-electron chi connectivity index (χ3n) is 6.67. The molecule has 0 aliphatic heterocycles. The van der Waals surface area contributed by atoms with E-state index in [9.17, 15) is 9.59 Å². The minimum absolute atomic E-state index is 0.178. The number of aldehydes is 1. The predicted molar refractivity (Wildman–Crippen MR) is 165 cm³/mol. The van der Waals surface area contributed by atoms with Gasteiger partial charge >= 0.3 is 6.09 Å². The molecule has 0 fully saturated rings. The summed E-state index contributed by atoms with van der Waals surface area (Å²) in [5.74, 6) is 0.931. The molecule has 1 heterocycles. The summed E-state index contributed by atoms with van der Waals surface area (Å²) in [6, 6.07) is 12.1. The monoisotopic (exact) mass is 570 g/mol. The summed E-state index contributed by atoms with van der Waals surface area (Å²) < 4.78 is 12.0. The van der Waals surface area contributed by atoms with Crippen molar-refractivity contribution >= 4 is 35.6 Å². The van der Waals surface area contributed by atoms with Gasteiger partial charge in [0.1, 0.15) is 17.5 Å². The average molecular weight is 571 g/mol. The molecule has 1 aromatic carbocycles. The van der Waals surface area contributed by atoms with E-state index in [2.05, 4.69) is 29.7 Å². The smallest absolute Gasteiger partial charge is 0.410 e. The first-order valence-corrected chi connectivity index (χ1v) is 14.6. The Hall–Kier alpha value is -3.33. The summed E-state index contributed by atoms with van der Waals surface area (Å²) in [5, 5.41) is 9.68. The second kappa shape index (κ2) is 15.5. The van der Waals surface area contributed by atoms with Gasteiger partial charge in [0.15, 0.2) is 6.29 Å². The van der Waals surface area contributed by atoms with E-state index in [1.54, 1.807) is 23.3 Å². The Labute approximate surface area is 244 Å². The Morgan fingerprint density at radius 1 is 1.07 bits per heavy atom. The van der Waals surface area contributed by atoms with Crippen LogP contribution in [0, 0.1) is 11.3 Å². The molecule has 0 bridgehead atoms. The number of thiophene rings is 1. The van der Waals surface area contributed by atoms with E-state index in [0.29, 0.717) is 25.1 Å². The molecule has 40 heavy (non-hydrogen) atoms. The van der Waals surface area contributed by atoms with Crippen molar-refractivity contribution in [2.45, 2.75) is 59.2 Å². The molecule has 2 unspecified atom stereocenters. The van der Waals surface area contributed by atoms with Crippen LogP contribution in [0.4, 0.5) is 10.5 Å². The molecule has 1 N–H and O–H groups in total. The van der Waals surface area contributed by atoms with Crippen molar-refractivity contribution in [3.63, 3.8) is 0 Å². The summed E-state index contributed by atoms with van der Waals surface area (Å²) in [5.41, 5.74) is 1.79. The van der Waals surface area contributed by atoms with Gasteiger partial charge < -0.3 is 29.6 Å². The summed E-state index contributed by atoms with van der Waals surface area (Å²) in [4.78, 5) is 30.9. The Kier molecular flexibility index (Phi) is 12.7. The molecule has 2 aromatic rings. The van der Waals surface area contributed by atoms with Crippen LogP contribution in [0.15, 0.2) is 53.0 Å². The van der Waals surface area contributed by atoms with Crippen LogP contribution >= 0.6 is 11.3 Å². The minimum atomic E-state index is -0.542. The van der Waals surface area contributed by atoms with Crippen molar-refractivity contribution in [1.29, 1.82) is 5.41 Å². The van der Waals surface area contributed by atoms with E-state index in [1.807, 2.05) is 70.6 Å². The second-order valence-corrected chi connectivity index (χ2v) is 12.0. The van der Waals surface area contributed by atoms with Gasteiger partial charge in [0.05, 0.1) is 5.57 Å². The van der Waals surface area contributed by atoms with E-state index < -0.39 is 5.60 Å². The first kappa shape index (κ1) is 32.9. The lowest BCUT2D eigenvalue weighted by atomic mass is 9.99. The highest BCUT2D eigenvalue weighted by Crippen LogP contribution is 2.30. The number of amides is 1. The van der Waals surface area contributed by atoms with E-state index in [1.165, 1.54) is 0 Å². The van der Waals surface area contributed by atoms with Crippen LogP contribution in [0.3, 0.4) is 0 Å². The van der Waals surface area contributed by atoms with Gasteiger partial charge in [-0.1, -0.05) is 26.0 Å². The van der Waals surface area contributed by atoms with Gasteiger partial charge in [-0.3, -0.25) is 4.79 Å². The number of allylic oxidation sites excluding steroid dienone is 2. The zero-order chi connectivity index (χ0) is 29.9. The molecular weight excluding hydrogens is 524 g/mol. The zero-order valence-electron chi connectivity index (χ0n) is 25.3. The number of carbonyl (C=O) groups is 2. The van der Waals surface area contributed by atoms with Gasteiger partial charge in [-0.15, -0.1) is 11.3 Å². The lowest BCUT2D eigenvalue weighted by molar-refractivity contribution is -0.104. The molecular formula is C31H46N4O4S. The highest BCUT2D eigenvalue weighted by atomic mass is 32.1. The van der Waals surface area contributed by atoms with Crippen molar-refractivity contribution in [1.82, 2.24) is 9.80 Å². The minimum Gasteiger partial charge on any atom is -0.485 e. The molecule has 0 radical (unpaired) electrons. The van der Waals surface area contributed by atoms with Gasteiger partial charge in [0, 0.05) is 75.7 Å². The molecule has 2 atom stereocenters. The quantitative estimate of drug-likeness (QED) is 0.147. The highest BCUT2D eigenvalue weighted by molar-refractivity contribution is 7.10. The molecule has 0 spiro atoms. The van der Waals surface area contributed by atoms with Crippen LogP contribution in [0.2, 0.25) is 0 Å². The predicted octanol–water partition coefficient (Wildman–Crippen LogP) is 6.64. The van der Waals surface area contributed by atoms with Crippen molar-refractivity contribution in [2.75, 3.05) is 45.7 Å². The van der Waals surface area contributed by atoms with E-state index in [4.69, 9.17) is 14.9 Å². The van der Waals surface area contributed by atoms with Gasteiger partial charge in [-0.25, -0.2) is 4.79 Å². The first-order valence-electron chi connectivity index (χ1n) is 13.8. The molecule has 1 amide bonds. The highest BCUT2D eigenvalue weighted by Gasteiger charge is 2.22. The summed E-state index contributed by atoms with van der Waals surface area (Å²) in [6.07, 6.45) is 2.87. The maximum absolute atomic E-state index is 12.4. The Morgan fingerprint density at radius 2 is 1.80 bits per heavy atom. The maximum atomic E-state index is 12.4. The first-order chi connectivity index (χ1) is 18.9. The number of rotatable bonds is 15. The Bertz CT molecular complexity index is 1120. The average Bonchev–Trinajstić information content (AvgIpc) is 3.46. The molecule has 0 saturated heterocycles. The normalized spacial score (nSPS) is 13.5. The lowest BCUT2D eigenvalue weighted by Gasteiger charge is -2.30. The standard InChI is InChI=1S/C31H46N4O4S/c1-9-23(2)29(24(21-32)22-36)34(7)18-17-33(6)25-12-10-13-26(20-25)38-27(28-14-11-19-40-28)15-16-35(8)30(37)39-31(3,4)5/h10-14,19-23,27,32H,9,15-18H2,1-8H3/b29-24-,32-21?. The number of carbonyl (C=O) groups excluding carboxylic acids is 2. The third-order valence-corrected chi connectivity index (χ3v) is 7.63. The van der Waals surface area contributed by atoms with Gasteiger partial charge in [0.25, 0.3) is 0 Å². The van der Waals surface area contributed by atoms with Gasteiger partial charge in [-0.05, 0) is 56.7 Å². The fourth-order valence-corrected chi connectivity index (χ4v) is 5.02. The van der Waals surface area contributed by atoms with Crippen LogP contribution in [-0.2, 0) is 9.53 Å². The number of benzene rings is 1. The van der Waals surface area contributed by atoms with Crippen LogP contribution in [0.25, 0.3) is 0 Å². The van der Waals surface area contributed by atoms with Crippen molar-refractivity contribution in [3.05, 3.63) is 57.9 Å². The van der Waals surface area contributed by atoms with Crippen LogP contribution in [0.5, 0.6) is 5.75 Å². The van der Waals surface area contributed by atoms with Gasteiger partial charge in [-0.2, -0.15) is 0 Å². The van der Waals surface area contributed by atoms with Crippen molar-refractivity contribution in [2.24, 2.45) is 5.92 Å². The maximum Gasteiger partial charge on any atom is 0.410 e. The zero-order valence-corrected chi connectivity index (χ0v) is 26.1. The largest absolute Gasteiger partial charge is 0.485 e. The molecule has 2 rings (SSSR count). The molecule has 8 nitrogen and oxygen atoms in total. The third kappa shape index (κ3) is 10.0. The Balaban J connectivity index is 2.10. The Morgan fingerprint density at radius 3 is 2.38 bits per heavy atom. The SMILES string of the molecule is CCC(C)/C(=C(\C=N)C=O)N(C)CCN(C)c1cccc(OC(CCN(C)C(=O)OC(C)(C)C)c2cccs2)c1. The van der Waals surface area contributed by atoms with Crippen LogP contribution in [0.1, 0.15) is 58.4 Å². The van der Waals surface area contributed by atoms with Crippen molar-refractivity contribution in [3.8, 4) is 5.75 Å². The summed E-state index contributed by atoms with van der Waals surface area (Å²) in [7, 11) is 5.75. The number of anilines is 1. The number of ether oxygens (including phenoxy) is 2. The molecule has 0 aliphatic rings. The summed E-state index contributed by atoms with van der Waals surface area (Å²) in [6.45, 7) is 11.7. The topological polar surface area (TPSA) is 86.2 Å². The molecule has 1 aromatic heterocycles. The molecule has 0 saturated carbocycles. The molecule has 0 aliphatic carbocycles. The number of hydrogen-bond acceptors (Lipinski definition) is 8. The molecule has 9 heteroatoms. The second-order valence-electron chi connectivity index (χ2n) is 11.1. The van der Waals surface area contributed by atoms with E-state index >= 15 is 0 Å². The molecule has 220 valence electrons. The summed E-state index contributed by atoms with van der Waals surface area (Å²) >= 11 is 1.63. The number of nitrogens with one attached hydrogen (secondary N) is 1. The number of nitrogens with zero attached hydrogens (tertiary/aromatic N) is 3. The lowest BCUT2D eigenvalue weighted by Crippen LogP contribution is -2.35. The van der Waals surface area contributed by atoms with E-state index in [-0.39, 0.29) is 18.1 Å². The van der Waals surface area contributed by atoms with Crippen LogP contribution < -0.4 is 9.64 Å². The fraction of sp³-hybridized carbons (Fsp3) is 0.516. The van der Waals surface area contributed by atoms with E-state index in [0.717, 1.165) is 47.5 Å². The van der Waals surface area contributed by atoms with Gasteiger partial charge in [0.2, 0.25) is 0 Å². The van der Waals surface area contributed by atoms with Crippen molar-refractivity contribution < 1.29 is 19.1 Å². The van der Waals surface area contributed by atoms with Crippen LogP contribution in [-0.4, -0.2) is 74.8 Å².